The molecule has 0 amide bonds. The molecule has 0 fully saturated rings. The molecule has 0 saturated carbocycles. The van der Waals surface area contributed by atoms with Crippen LogP contribution in [-0.4, -0.2) is 15.6 Å². The lowest BCUT2D eigenvalue weighted by Crippen LogP contribution is -2.28. The van der Waals surface area contributed by atoms with E-state index < -0.39 is 17.2 Å². The summed E-state index contributed by atoms with van der Waals surface area (Å²) in [7, 11) is 0. The van der Waals surface area contributed by atoms with E-state index in [1.165, 1.54) is 36.0 Å². The van der Waals surface area contributed by atoms with E-state index in [0.29, 0.717) is 22.2 Å². The maximum atomic E-state index is 13.9. The second-order valence-electron chi connectivity index (χ2n) is 6.98. The van der Waals surface area contributed by atoms with Crippen molar-refractivity contribution in [3.8, 4) is 11.3 Å². The summed E-state index contributed by atoms with van der Waals surface area (Å²) in [6, 6.07) is 14.1. The monoisotopic (exact) mass is 418 g/mol. The Morgan fingerprint density at radius 1 is 1.19 bits per heavy atom. The van der Waals surface area contributed by atoms with Crippen LogP contribution in [0, 0.1) is 11.0 Å². The molecule has 0 spiro atoms. The highest BCUT2D eigenvalue weighted by molar-refractivity contribution is 6.06. The van der Waals surface area contributed by atoms with Crippen LogP contribution >= 0.6 is 0 Å². The third kappa shape index (κ3) is 3.63. The number of pyridine rings is 1. The van der Waals surface area contributed by atoms with E-state index in [0.717, 1.165) is 4.73 Å². The average molecular weight is 418 g/mol. The molecule has 4 aromatic rings. The van der Waals surface area contributed by atoms with Gasteiger partial charge in [-0.3, -0.25) is 9.59 Å². The van der Waals surface area contributed by atoms with E-state index in [1.807, 2.05) is 0 Å². The highest BCUT2D eigenvalue weighted by Crippen LogP contribution is 2.30. The van der Waals surface area contributed by atoms with E-state index in [1.54, 1.807) is 43.3 Å². The highest BCUT2D eigenvalue weighted by Gasteiger charge is 2.23. The lowest BCUT2D eigenvalue weighted by Gasteiger charge is -2.17. The van der Waals surface area contributed by atoms with Crippen LogP contribution in [0.3, 0.4) is 0 Å². The molecule has 1 N–H and O–H groups in total. The summed E-state index contributed by atoms with van der Waals surface area (Å²) in [5, 5.41) is 20.1. The van der Waals surface area contributed by atoms with Gasteiger partial charge in [0.2, 0.25) is 5.52 Å². The van der Waals surface area contributed by atoms with Crippen molar-refractivity contribution < 1.29 is 13.9 Å². The number of hydrogen-bond donors (Lipinski definition) is 1. The summed E-state index contributed by atoms with van der Waals surface area (Å²) >= 11 is 0. The molecule has 7 nitrogen and oxygen atoms in total. The predicted molar refractivity (Wildman–Crippen MR) is 116 cm³/mol. The van der Waals surface area contributed by atoms with Gasteiger partial charge in [0.15, 0.2) is 12.0 Å². The van der Waals surface area contributed by atoms with Gasteiger partial charge in [-0.05, 0) is 38.1 Å². The maximum Gasteiger partial charge on any atom is 0.291 e. The zero-order chi connectivity index (χ0) is 22.1. The normalized spacial score (nSPS) is 10.9. The van der Waals surface area contributed by atoms with E-state index >= 15 is 0 Å². The van der Waals surface area contributed by atoms with Crippen molar-refractivity contribution in [3.63, 3.8) is 0 Å². The molecule has 0 bridgehead atoms. The number of aromatic nitrogens is 3. The van der Waals surface area contributed by atoms with Crippen LogP contribution in [0.4, 0.5) is 15.8 Å². The molecule has 0 aliphatic heterocycles. The topological polar surface area (TPSA) is 90.9 Å². The van der Waals surface area contributed by atoms with E-state index in [-0.39, 0.29) is 23.5 Å². The Morgan fingerprint density at radius 2 is 1.97 bits per heavy atom. The summed E-state index contributed by atoms with van der Waals surface area (Å²) in [6.45, 7) is 3.33. The Labute approximate surface area is 177 Å². The molecule has 31 heavy (non-hydrogen) atoms. The smallest absolute Gasteiger partial charge is 0.291 e. The molecule has 0 saturated heterocycles. The Morgan fingerprint density at radius 3 is 2.68 bits per heavy atom. The number of fused-ring (bicyclic) bond motifs is 1. The Bertz CT molecular complexity index is 1380. The number of hydrogen-bond acceptors (Lipinski definition) is 5. The average Bonchev–Trinajstić information content (AvgIpc) is 2.75. The standard InChI is InChI=1S/C23H19FN4O3/c1-3-27-23(30)22(25-18-10-5-11-19-17(18)9-6-12-28(19)31)20(14(2)29)21(26-27)15-7-4-8-16(24)13-15/h4-13,25H,3H2,1-2H3. The van der Waals surface area contributed by atoms with Crippen LogP contribution in [0.15, 0.2) is 65.6 Å². The van der Waals surface area contributed by atoms with Gasteiger partial charge in [-0.15, -0.1) is 0 Å². The number of halogens is 1. The Balaban J connectivity index is 2.00. The quantitative estimate of drug-likeness (QED) is 0.302. The van der Waals surface area contributed by atoms with Gasteiger partial charge in [0.1, 0.15) is 17.2 Å². The van der Waals surface area contributed by atoms with Crippen LogP contribution in [0.1, 0.15) is 24.2 Å². The minimum absolute atomic E-state index is 0.0254. The lowest BCUT2D eigenvalue weighted by molar-refractivity contribution is -0.577. The van der Waals surface area contributed by atoms with Gasteiger partial charge >= 0.3 is 0 Å². The summed E-state index contributed by atoms with van der Waals surface area (Å²) in [6.07, 6.45) is 1.38. The third-order valence-electron chi connectivity index (χ3n) is 4.97. The zero-order valence-electron chi connectivity index (χ0n) is 16.9. The molecule has 2 aromatic heterocycles. The van der Waals surface area contributed by atoms with Gasteiger partial charge in [0.25, 0.3) is 5.56 Å². The molecule has 0 aliphatic carbocycles. The SMILES string of the molecule is CCn1nc(-c2cccc(F)c2)c(C(C)=O)c(Nc2cccc3c2ccc[n+]3[O-])c1=O. The molecule has 0 atom stereocenters. The minimum atomic E-state index is -0.490. The fourth-order valence-electron chi connectivity index (χ4n) is 3.54. The van der Waals surface area contributed by atoms with Crippen molar-refractivity contribution >= 4 is 28.1 Å². The van der Waals surface area contributed by atoms with Gasteiger partial charge < -0.3 is 10.5 Å². The van der Waals surface area contributed by atoms with Crippen molar-refractivity contribution in [2.45, 2.75) is 20.4 Å². The van der Waals surface area contributed by atoms with Gasteiger partial charge in [-0.25, -0.2) is 9.07 Å². The number of benzene rings is 2. The second-order valence-corrected chi connectivity index (χ2v) is 6.98. The summed E-state index contributed by atoms with van der Waals surface area (Å²) in [5.41, 5.74) is 1.07. The molecule has 2 heterocycles. The molecular weight excluding hydrogens is 399 g/mol. The van der Waals surface area contributed by atoms with Crippen molar-refractivity contribution in [2.75, 3.05) is 5.32 Å². The van der Waals surface area contributed by atoms with Crippen LogP contribution in [0.5, 0.6) is 0 Å². The first-order valence-corrected chi connectivity index (χ1v) is 9.70. The first-order valence-electron chi connectivity index (χ1n) is 9.70. The largest absolute Gasteiger partial charge is 0.618 e. The molecule has 0 aliphatic rings. The number of Topliss-reactive ketones (excluding diaryl/α,β-unsaturated/α-hetero) is 1. The van der Waals surface area contributed by atoms with Crippen molar-refractivity contribution in [2.24, 2.45) is 0 Å². The number of anilines is 2. The Hall–Kier alpha value is -4.07. The highest BCUT2D eigenvalue weighted by atomic mass is 19.1. The van der Waals surface area contributed by atoms with Gasteiger partial charge in [-0.1, -0.05) is 18.2 Å². The van der Waals surface area contributed by atoms with Crippen LogP contribution < -0.4 is 15.6 Å². The van der Waals surface area contributed by atoms with E-state index in [4.69, 9.17) is 0 Å². The second kappa shape index (κ2) is 7.98. The fourth-order valence-corrected chi connectivity index (χ4v) is 3.54. The Kier molecular flexibility index (Phi) is 5.21. The first kappa shape index (κ1) is 20.2. The summed E-state index contributed by atoms with van der Waals surface area (Å²) < 4.78 is 15.8. The van der Waals surface area contributed by atoms with Crippen molar-refractivity contribution in [3.05, 3.63) is 87.7 Å². The molecule has 0 radical (unpaired) electrons. The van der Waals surface area contributed by atoms with Gasteiger partial charge in [0.05, 0.1) is 16.6 Å². The molecule has 2 aromatic carbocycles. The molecule has 4 rings (SSSR count). The van der Waals surface area contributed by atoms with Crippen molar-refractivity contribution in [1.29, 1.82) is 0 Å². The number of ketones is 1. The zero-order valence-corrected chi connectivity index (χ0v) is 16.9. The van der Waals surface area contributed by atoms with Crippen molar-refractivity contribution in [1.82, 2.24) is 9.78 Å². The van der Waals surface area contributed by atoms with Crippen LogP contribution in [-0.2, 0) is 6.54 Å². The number of nitrogens with one attached hydrogen (secondary N) is 1. The fraction of sp³-hybridized carbons (Fsp3) is 0.130. The molecule has 8 heteroatoms. The maximum absolute atomic E-state index is 13.9. The molecule has 156 valence electrons. The first-order chi connectivity index (χ1) is 14.9. The molecule has 0 unspecified atom stereocenters. The number of carbonyl (C=O) groups is 1. The van der Waals surface area contributed by atoms with E-state index in [2.05, 4.69) is 10.4 Å². The lowest BCUT2D eigenvalue weighted by atomic mass is 10.0. The number of rotatable bonds is 5. The van der Waals surface area contributed by atoms with Gasteiger partial charge in [0, 0.05) is 24.2 Å². The van der Waals surface area contributed by atoms with Gasteiger partial charge in [-0.2, -0.15) is 9.83 Å². The summed E-state index contributed by atoms with van der Waals surface area (Å²) in [5.74, 6) is -0.875. The van der Waals surface area contributed by atoms with E-state index in [9.17, 15) is 19.2 Å². The van der Waals surface area contributed by atoms with Crippen LogP contribution in [0.25, 0.3) is 22.2 Å². The summed E-state index contributed by atoms with van der Waals surface area (Å²) in [4.78, 5) is 25.8. The number of aryl methyl sites for hydroxylation is 1. The predicted octanol–water partition coefficient (Wildman–Crippen LogP) is 3.80. The molecular formula is C23H19FN4O3. The minimum Gasteiger partial charge on any atom is -0.618 e. The third-order valence-corrected chi connectivity index (χ3v) is 4.97. The number of nitrogens with zero attached hydrogens (tertiary/aromatic N) is 3. The number of carbonyl (C=O) groups excluding carboxylic acids is 1. The van der Waals surface area contributed by atoms with Crippen LogP contribution in [0.2, 0.25) is 0 Å².